The minimum atomic E-state index is -0.311. The zero-order valence-corrected chi connectivity index (χ0v) is 11.2. The first-order valence-corrected chi connectivity index (χ1v) is 6.03. The lowest BCUT2D eigenvalue weighted by Gasteiger charge is -2.15. The van der Waals surface area contributed by atoms with Crippen molar-refractivity contribution in [3.63, 3.8) is 0 Å². The lowest BCUT2D eigenvalue weighted by molar-refractivity contribution is 0.0598. The molecule has 0 amide bonds. The number of carbonyl (C=O) groups excluding carboxylic acids is 1. The summed E-state index contributed by atoms with van der Waals surface area (Å²) >= 11 is 0. The van der Waals surface area contributed by atoms with E-state index in [-0.39, 0.29) is 11.9 Å². The van der Waals surface area contributed by atoms with Gasteiger partial charge in [-0.15, -0.1) is 0 Å². The van der Waals surface area contributed by atoms with Crippen molar-refractivity contribution < 1.29 is 9.53 Å². The van der Waals surface area contributed by atoms with Crippen LogP contribution >= 0.6 is 0 Å². The third kappa shape index (κ3) is 1.96. The van der Waals surface area contributed by atoms with E-state index in [0.29, 0.717) is 5.56 Å². The number of nitrogens with zero attached hydrogens (tertiary/aromatic N) is 1. The van der Waals surface area contributed by atoms with Gasteiger partial charge in [-0.2, -0.15) is 0 Å². The van der Waals surface area contributed by atoms with Gasteiger partial charge in [0.25, 0.3) is 0 Å². The molecule has 0 N–H and O–H groups in total. The van der Waals surface area contributed by atoms with Gasteiger partial charge >= 0.3 is 5.97 Å². The van der Waals surface area contributed by atoms with Crippen LogP contribution in [0, 0.1) is 6.92 Å². The van der Waals surface area contributed by atoms with Gasteiger partial charge in [-0.3, -0.25) is 4.98 Å². The predicted octanol–water partition coefficient (Wildman–Crippen LogP) is 3.45. The summed E-state index contributed by atoms with van der Waals surface area (Å²) in [7, 11) is 1.40. The molecule has 94 valence electrons. The molecule has 3 nitrogen and oxygen atoms in total. The van der Waals surface area contributed by atoms with Crippen molar-refractivity contribution in [2.24, 2.45) is 0 Å². The molecule has 0 radical (unpaired) electrons. The van der Waals surface area contributed by atoms with Crippen molar-refractivity contribution >= 4 is 16.9 Å². The lowest BCUT2D eigenvalue weighted by atomic mass is 9.96. The van der Waals surface area contributed by atoms with E-state index in [4.69, 9.17) is 4.74 Å². The first-order valence-electron chi connectivity index (χ1n) is 6.03. The third-order valence-corrected chi connectivity index (χ3v) is 3.12. The largest absolute Gasteiger partial charge is 0.465 e. The first kappa shape index (κ1) is 12.6. The maximum absolute atomic E-state index is 11.9. The molecule has 0 unspecified atom stereocenters. The highest BCUT2D eigenvalue weighted by Crippen LogP contribution is 2.27. The van der Waals surface area contributed by atoms with E-state index in [2.05, 4.69) is 4.98 Å². The molecular weight excluding hydrogens is 226 g/mol. The van der Waals surface area contributed by atoms with Crippen molar-refractivity contribution in [1.29, 1.82) is 0 Å². The average Bonchev–Trinajstić information content (AvgIpc) is 2.37. The fourth-order valence-corrected chi connectivity index (χ4v) is 2.18. The fraction of sp³-hybridized carbons (Fsp3) is 0.333. The number of pyridine rings is 1. The number of aromatic nitrogens is 1. The van der Waals surface area contributed by atoms with Crippen LogP contribution in [0.25, 0.3) is 10.9 Å². The third-order valence-electron chi connectivity index (χ3n) is 3.12. The van der Waals surface area contributed by atoms with Crippen molar-refractivity contribution in [2.75, 3.05) is 7.11 Å². The molecule has 18 heavy (non-hydrogen) atoms. The Bertz CT molecular complexity index is 603. The smallest absolute Gasteiger partial charge is 0.340 e. The fourth-order valence-electron chi connectivity index (χ4n) is 2.18. The molecule has 0 bridgehead atoms. The summed E-state index contributed by atoms with van der Waals surface area (Å²) in [6, 6.07) is 7.85. The van der Waals surface area contributed by atoms with Gasteiger partial charge in [0, 0.05) is 5.39 Å². The number of rotatable bonds is 2. The molecular formula is C15H17NO2. The molecule has 2 rings (SSSR count). The monoisotopic (exact) mass is 243 g/mol. The van der Waals surface area contributed by atoms with Gasteiger partial charge < -0.3 is 4.74 Å². The van der Waals surface area contributed by atoms with Gasteiger partial charge in [0.1, 0.15) is 0 Å². The number of benzene rings is 1. The number of hydrogen-bond acceptors (Lipinski definition) is 3. The van der Waals surface area contributed by atoms with Gasteiger partial charge in [0.05, 0.1) is 23.9 Å². The van der Waals surface area contributed by atoms with E-state index >= 15 is 0 Å². The molecule has 0 aliphatic heterocycles. The minimum absolute atomic E-state index is 0.183. The Morgan fingerprint density at radius 3 is 2.56 bits per heavy atom. The second kappa shape index (κ2) is 4.77. The highest BCUT2D eigenvalue weighted by molar-refractivity contribution is 5.98. The Labute approximate surface area is 107 Å². The molecule has 1 aromatic heterocycles. The Morgan fingerprint density at radius 2 is 1.94 bits per heavy atom. The van der Waals surface area contributed by atoms with Crippen LogP contribution in [0.4, 0.5) is 0 Å². The van der Waals surface area contributed by atoms with Crippen LogP contribution in [0.5, 0.6) is 0 Å². The quantitative estimate of drug-likeness (QED) is 0.758. The molecule has 0 aliphatic rings. The van der Waals surface area contributed by atoms with Crippen LogP contribution < -0.4 is 0 Å². The van der Waals surface area contributed by atoms with Gasteiger partial charge in [0.2, 0.25) is 0 Å². The van der Waals surface area contributed by atoms with Gasteiger partial charge in [-0.1, -0.05) is 32.0 Å². The zero-order valence-electron chi connectivity index (χ0n) is 11.2. The van der Waals surface area contributed by atoms with Gasteiger partial charge in [0.15, 0.2) is 0 Å². The average molecular weight is 243 g/mol. The van der Waals surface area contributed by atoms with Crippen molar-refractivity contribution in [3.05, 3.63) is 41.1 Å². The lowest BCUT2D eigenvalue weighted by Crippen LogP contribution is -2.12. The molecule has 0 fully saturated rings. The molecule has 0 spiro atoms. The molecule has 3 heteroatoms. The summed E-state index contributed by atoms with van der Waals surface area (Å²) in [5.74, 6) is -0.128. The van der Waals surface area contributed by atoms with E-state index in [1.165, 1.54) is 7.11 Å². The maximum atomic E-state index is 11.9. The van der Waals surface area contributed by atoms with Crippen molar-refractivity contribution in [3.8, 4) is 0 Å². The Balaban J connectivity index is 2.84. The number of carbonyl (C=O) groups is 1. The number of esters is 1. The summed E-state index contributed by atoms with van der Waals surface area (Å²) in [6.45, 7) is 6.01. The van der Waals surface area contributed by atoms with Crippen LogP contribution in [0.2, 0.25) is 0 Å². The van der Waals surface area contributed by atoms with Crippen LogP contribution in [0.15, 0.2) is 24.3 Å². The highest BCUT2D eigenvalue weighted by atomic mass is 16.5. The number of fused-ring (bicyclic) bond motifs is 1. The zero-order chi connectivity index (χ0) is 13.3. The van der Waals surface area contributed by atoms with Crippen LogP contribution in [0.3, 0.4) is 0 Å². The first-order chi connectivity index (χ1) is 8.56. The summed E-state index contributed by atoms with van der Waals surface area (Å²) in [4.78, 5) is 16.5. The highest BCUT2D eigenvalue weighted by Gasteiger charge is 2.20. The van der Waals surface area contributed by atoms with E-state index in [1.807, 2.05) is 45.0 Å². The molecule has 1 aromatic carbocycles. The summed E-state index contributed by atoms with van der Waals surface area (Å²) in [6.07, 6.45) is 0. The van der Waals surface area contributed by atoms with E-state index < -0.39 is 0 Å². The predicted molar refractivity (Wildman–Crippen MR) is 71.9 cm³/mol. The standard InChI is InChI=1S/C15H17NO2/c1-9(2)14-13(15(17)18-4)10(3)11-7-5-6-8-12(11)16-14/h5-9H,1-4H3. The van der Waals surface area contributed by atoms with Crippen molar-refractivity contribution in [1.82, 2.24) is 4.98 Å². The number of hydrogen-bond donors (Lipinski definition) is 0. The number of aryl methyl sites for hydroxylation is 1. The van der Waals surface area contributed by atoms with E-state index in [9.17, 15) is 4.79 Å². The number of ether oxygens (including phenoxy) is 1. The molecule has 1 heterocycles. The number of para-hydroxylation sites is 1. The number of methoxy groups -OCH3 is 1. The topological polar surface area (TPSA) is 39.2 Å². The second-order valence-corrected chi connectivity index (χ2v) is 4.66. The van der Waals surface area contributed by atoms with Crippen molar-refractivity contribution in [2.45, 2.75) is 26.7 Å². The molecule has 0 atom stereocenters. The van der Waals surface area contributed by atoms with Crippen LogP contribution in [0.1, 0.15) is 41.4 Å². The molecule has 0 aliphatic carbocycles. The van der Waals surface area contributed by atoms with E-state index in [1.54, 1.807) is 0 Å². The Morgan fingerprint density at radius 1 is 1.28 bits per heavy atom. The minimum Gasteiger partial charge on any atom is -0.465 e. The van der Waals surface area contributed by atoms with Crippen LogP contribution in [-0.4, -0.2) is 18.1 Å². The van der Waals surface area contributed by atoms with Gasteiger partial charge in [-0.05, 0) is 24.5 Å². The van der Waals surface area contributed by atoms with Crippen LogP contribution in [-0.2, 0) is 4.74 Å². The molecule has 2 aromatic rings. The van der Waals surface area contributed by atoms with E-state index in [0.717, 1.165) is 22.2 Å². The molecule has 0 saturated carbocycles. The second-order valence-electron chi connectivity index (χ2n) is 4.66. The normalized spacial score (nSPS) is 10.9. The Kier molecular flexibility index (Phi) is 3.32. The summed E-state index contributed by atoms with van der Waals surface area (Å²) in [5, 5.41) is 1.00. The maximum Gasteiger partial charge on any atom is 0.340 e. The molecule has 0 saturated heterocycles. The van der Waals surface area contributed by atoms with Gasteiger partial charge in [-0.25, -0.2) is 4.79 Å². The summed E-state index contributed by atoms with van der Waals surface area (Å²) < 4.78 is 4.88. The summed E-state index contributed by atoms with van der Waals surface area (Å²) in [5.41, 5.74) is 3.27. The SMILES string of the molecule is COC(=O)c1c(C(C)C)nc2ccccc2c1C. The Hall–Kier alpha value is -1.90.